The third-order valence-corrected chi connectivity index (χ3v) is 4.76. The van der Waals surface area contributed by atoms with Gasteiger partial charge in [0.1, 0.15) is 5.75 Å². The molecule has 154 valence electrons. The van der Waals surface area contributed by atoms with Gasteiger partial charge < -0.3 is 19.9 Å². The van der Waals surface area contributed by atoms with E-state index < -0.39 is 0 Å². The van der Waals surface area contributed by atoms with Gasteiger partial charge in [0, 0.05) is 52.5 Å². The van der Waals surface area contributed by atoms with Gasteiger partial charge in [-0.1, -0.05) is 12.1 Å². The van der Waals surface area contributed by atoms with Crippen LogP contribution in [0.1, 0.15) is 12.5 Å². The number of nitrogens with zero attached hydrogens (tertiary/aromatic N) is 5. The van der Waals surface area contributed by atoms with Crippen molar-refractivity contribution in [2.24, 2.45) is 12.0 Å². The zero-order valence-corrected chi connectivity index (χ0v) is 19.3. The summed E-state index contributed by atoms with van der Waals surface area (Å²) >= 11 is 0. The van der Waals surface area contributed by atoms with Crippen LogP contribution in [0.4, 0.5) is 5.69 Å². The second kappa shape index (κ2) is 11.1. The largest absolute Gasteiger partial charge is 0.495 e. The van der Waals surface area contributed by atoms with E-state index in [1.165, 1.54) is 5.56 Å². The van der Waals surface area contributed by atoms with E-state index in [4.69, 9.17) is 9.73 Å². The number of hydrogen-bond acceptors (Lipinski definition) is 4. The summed E-state index contributed by atoms with van der Waals surface area (Å²) < 4.78 is 7.34. The average molecular weight is 498 g/mol. The van der Waals surface area contributed by atoms with Gasteiger partial charge in [-0.25, -0.2) is 0 Å². The maximum absolute atomic E-state index is 5.51. The predicted molar refractivity (Wildman–Crippen MR) is 125 cm³/mol. The molecule has 0 radical (unpaired) electrons. The van der Waals surface area contributed by atoms with E-state index >= 15 is 0 Å². The summed E-state index contributed by atoms with van der Waals surface area (Å²) in [6.07, 6.45) is 4.87. The molecule has 1 aliphatic rings. The summed E-state index contributed by atoms with van der Waals surface area (Å²) in [6.45, 7) is 7.54. The number of aryl methyl sites for hydroxylation is 1. The molecule has 8 heteroatoms. The first-order valence-electron chi connectivity index (χ1n) is 9.60. The van der Waals surface area contributed by atoms with Crippen molar-refractivity contribution in [2.75, 3.05) is 51.3 Å². The Balaban J connectivity index is 0.00000280. The van der Waals surface area contributed by atoms with Crippen LogP contribution in [0, 0.1) is 0 Å². The molecule has 0 aliphatic carbocycles. The van der Waals surface area contributed by atoms with E-state index in [9.17, 15) is 0 Å². The topological polar surface area (TPSA) is 57.9 Å². The van der Waals surface area contributed by atoms with Crippen molar-refractivity contribution in [3.8, 4) is 5.75 Å². The lowest BCUT2D eigenvalue weighted by atomic mass is 10.2. The Morgan fingerprint density at radius 2 is 1.96 bits per heavy atom. The van der Waals surface area contributed by atoms with Crippen molar-refractivity contribution >= 4 is 35.6 Å². The number of guanidine groups is 1. The van der Waals surface area contributed by atoms with Crippen LogP contribution in [0.5, 0.6) is 5.75 Å². The molecule has 1 aliphatic heterocycles. The van der Waals surface area contributed by atoms with E-state index in [0.29, 0.717) is 0 Å². The van der Waals surface area contributed by atoms with Gasteiger partial charge in [-0.3, -0.25) is 9.67 Å². The Morgan fingerprint density at radius 3 is 2.61 bits per heavy atom. The SMILES string of the molecule is CCNC(=NCCc1cnn(C)c1)N1CCN(c2ccccc2OC)CC1.I. The van der Waals surface area contributed by atoms with Crippen molar-refractivity contribution < 1.29 is 4.74 Å². The van der Waals surface area contributed by atoms with Crippen molar-refractivity contribution in [2.45, 2.75) is 13.3 Å². The van der Waals surface area contributed by atoms with Crippen molar-refractivity contribution in [1.29, 1.82) is 0 Å². The molecule has 1 saturated heterocycles. The Morgan fingerprint density at radius 1 is 1.21 bits per heavy atom. The summed E-state index contributed by atoms with van der Waals surface area (Å²) in [4.78, 5) is 9.55. The van der Waals surface area contributed by atoms with Gasteiger partial charge in [-0.15, -0.1) is 24.0 Å². The van der Waals surface area contributed by atoms with Crippen LogP contribution >= 0.6 is 24.0 Å². The fraction of sp³-hybridized carbons (Fsp3) is 0.500. The van der Waals surface area contributed by atoms with Gasteiger partial charge in [-0.2, -0.15) is 5.10 Å². The smallest absolute Gasteiger partial charge is 0.194 e. The minimum Gasteiger partial charge on any atom is -0.495 e. The second-order valence-electron chi connectivity index (χ2n) is 6.65. The van der Waals surface area contributed by atoms with Gasteiger partial charge in [0.2, 0.25) is 0 Å². The van der Waals surface area contributed by atoms with Gasteiger partial charge in [0.25, 0.3) is 0 Å². The number of halogens is 1. The molecule has 0 amide bonds. The number of aliphatic imine (C=N–C) groups is 1. The predicted octanol–water partition coefficient (Wildman–Crippen LogP) is 2.38. The number of piperazine rings is 1. The highest BCUT2D eigenvalue weighted by molar-refractivity contribution is 14.0. The fourth-order valence-corrected chi connectivity index (χ4v) is 3.37. The van der Waals surface area contributed by atoms with Crippen molar-refractivity contribution in [1.82, 2.24) is 20.0 Å². The maximum atomic E-state index is 5.51. The number of aromatic nitrogens is 2. The van der Waals surface area contributed by atoms with E-state index in [1.807, 2.05) is 30.1 Å². The number of anilines is 1. The summed E-state index contributed by atoms with van der Waals surface area (Å²) in [7, 11) is 3.67. The molecule has 7 nitrogen and oxygen atoms in total. The molecule has 0 spiro atoms. The number of methoxy groups -OCH3 is 1. The van der Waals surface area contributed by atoms with Gasteiger partial charge in [-0.05, 0) is 31.0 Å². The fourth-order valence-electron chi connectivity index (χ4n) is 3.37. The van der Waals surface area contributed by atoms with Crippen LogP contribution in [0.15, 0.2) is 41.7 Å². The highest BCUT2D eigenvalue weighted by Crippen LogP contribution is 2.28. The van der Waals surface area contributed by atoms with Crippen LogP contribution in [-0.2, 0) is 13.5 Å². The van der Waals surface area contributed by atoms with Crippen LogP contribution in [0.2, 0.25) is 0 Å². The first kappa shape index (κ1) is 22.3. The zero-order valence-electron chi connectivity index (χ0n) is 17.0. The van der Waals surface area contributed by atoms with Crippen LogP contribution < -0.4 is 15.0 Å². The number of para-hydroxylation sites is 2. The zero-order chi connectivity index (χ0) is 19.1. The Hall–Kier alpha value is -1.97. The number of rotatable bonds is 6. The molecule has 0 saturated carbocycles. The summed E-state index contributed by atoms with van der Waals surface area (Å²) in [5.41, 5.74) is 2.39. The molecule has 1 N–H and O–H groups in total. The average Bonchev–Trinajstić information content (AvgIpc) is 3.12. The first-order valence-corrected chi connectivity index (χ1v) is 9.60. The van der Waals surface area contributed by atoms with Crippen molar-refractivity contribution in [3.05, 3.63) is 42.2 Å². The third kappa shape index (κ3) is 5.76. The highest BCUT2D eigenvalue weighted by atomic mass is 127. The highest BCUT2D eigenvalue weighted by Gasteiger charge is 2.21. The van der Waals surface area contributed by atoms with Crippen LogP contribution in [0.3, 0.4) is 0 Å². The quantitative estimate of drug-likeness (QED) is 0.377. The lowest BCUT2D eigenvalue weighted by Crippen LogP contribution is -2.52. The molecule has 1 aromatic carbocycles. The van der Waals surface area contributed by atoms with Gasteiger partial charge in [0.05, 0.1) is 19.0 Å². The standard InChI is InChI=1S/C20H30N6O.HI/c1-4-21-20(22-10-9-17-15-23-24(2)16-17)26-13-11-25(12-14-26)18-7-5-6-8-19(18)27-3;/h5-8,15-16H,4,9-14H2,1-3H3,(H,21,22);1H. The Kier molecular flexibility index (Phi) is 8.88. The van der Waals surface area contributed by atoms with E-state index in [2.05, 4.69) is 45.5 Å². The van der Waals surface area contributed by atoms with Gasteiger partial charge in [0.15, 0.2) is 5.96 Å². The Bertz CT molecular complexity index is 755. The number of benzene rings is 1. The molecular formula is C20H31IN6O. The van der Waals surface area contributed by atoms with Crippen LogP contribution in [-0.4, -0.2) is 67.0 Å². The van der Waals surface area contributed by atoms with E-state index in [0.717, 1.165) is 63.1 Å². The molecule has 0 unspecified atom stereocenters. The minimum absolute atomic E-state index is 0. The lowest BCUT2D eigenvalue weighted by Gasteiger charge is -2.38. The molecule has 2 aromatic rings. The molecular weight excluding hydrogens is 467 g/mol. The van der Waals surface area contributed by atoms with E-state index in [-0.39, 0.29) is 24.0 Å². The number of nitrogens with one attached hydrogen (secondary N) is 1. The molecule has 1 fully saturated rings. The maximum Gasteiger partial charge on any atom is 0.194 e. The summed E-state index contributed by atoms with van der Waals surface area (Å²) in [6, 6.07) is 8.22. The third-order valence-electron chi connectivity index (χ3n) is 4.76. The Labute approximate surface area is 184 Å². The van der Waals surface area contributed by atoms with E-state index in [1.54, 1.807) is 7.11 Å². The molecule has 3 rings (SSSR count). The summed E-state index contributed by atoms with van der Waals surface area (Å²) in [5, 5.41) is 7.65. The summed E-state index contributed by atoms with van der Waals surface area (Å²) in [5.74, 6) is 1.93. The number of hydrogen-bond donors (Lipinski definition) is 1. The molecule has 28 heavy (non-hydrogen) atoms. The molecule has 1 aromatic heterocycles. The first-order chi connectivity index (χ1) is 13.2. The minimum atomic E-state index is 0. The lowest BCUT2D eigenvalue weighted by molar-refractivity contribution is 0.367. The molecule has 2 heterocycles. The van der Waals surface area contributed by atoms with Crippen LogP contribution in [0.25, 0.3) is 0 Å². The molecule has 0 bridgehead atoms. The van der Waals surface area contributed by atoms with Crippen molar-refractivity contribution in [3.63, 3.8) is 0 Å². The monoisotopic (exact) mass is 498 g/mol. The van der Waals surface area contributed by atoms with Gasteiger partial charge >= 0.3 is 0 Å². The normalized spacial score (nSPS) is 14.6. The molecule has 0 atom stereocenters. The second-order valence-corrected chi connectivity index (χ2v) is 6.65. The number of ether oxygens (including phenoxy) is 1.